The standard InChI is InChI=1S/C8H10ClN5O2S2/c1-5(6-2-10-7(9)18-6)13-4-17-3-11-8(13)12-14(15)16/h2,5H,3-4H2,1H3,(H,11,12). The van der Waals surface area contributed by atoms with Crippen molar-refractivity contribution in [2.45, 2.75) is 13.0 Å². The van der Waals surface area contributed by atoms with Gasteiger partial charge in [0.1, 0.15) is 5.10 Å². The minimum Gasteiger partial charge on any atom is -0.342 e. The largest absolute Gasteiger partial charge is 0.342 e. The van der Waals surface area contributed by atoms with E-state index >= 15 is 0 Å². The number of nitro groups is 1. The van der Waals surface area contributed by atoms with Crippen molar-refractivity contribution >= 4 is 40.7 Å². The number of hydrogen-bond donors (Lipinski definition) is 1. The van der Waals surface area contributed by atoms with Crippen molar-refractivity contribution in [3.05, 3.63) is 25.7 Å². The Balaban J connectivity index is 2.21. The minimum atomic E-state index is -0.697. The smallest absolute Gasteiger partial charge is 0.273 e. The highest BCUT2D eigenvalue weighted by atomic mass is 35.5. The number of hydrazone groups is 1. The lowest BCUT2D eigenvalue weighted by molar-refractivity contribution is -0.486. The van der Waals surface area contributed by atoms with Gasteiger partial charge in [-0.05, 0) is 6.92 Å². The Bertz CT molecular complexity index is 480. The molecule has 2 rings (SSSR count). The summed E-state index contributed by atoms with van der Waals surface area (Å²) in [6, 6.07) is -0.0611. The van der Waals surface area contributed by atoms with Gasteiger partial charge in [0.25, 0.3) is 5.96 Å². The molecule has 1 aromatic rings. The fraction of sp³-hybridized carbons (Fsp3) is 0.500. The van der Waals surface area contributed by atoms with Crippen LogP contribution in [0.2, 0.25) is 4.47 Å². The molecule has 10 heteroatoms. The summed E-state index contributed by atoms with van der Waals surface area (Å²) in [7, 11) is 0. The van der Waals surface area contributed by atoms with Gasteiger partial charge in [-0.25, -0.2) is 15.1 Å². The van der Waals surface area contributed by atoms with Crippen molar-refractivity contribution in [1.82, 2.24) is 15.2 Å². The lowest BCUT2D eigenvalue weighted by Gasteiger charge is -2.33. The molecule has 1 atom stereocenters. The van der Waals surface area contributed by atoms with Crippen LogP contribution in [0.5, 0.6) is 0 Å². The molecule has 2 heterocycles. The van der Waals surface area contributed by atoms with Gasteiger partial charge in [0, 0.05) is 11.1 Å². The zero-order valence-corrected chi connectivity index (χ0v) is 11.8. The molecule has 1 unspecified atom stereocenters. The third-order valence-electron chi connectivity index (χ3n) is 2.39. The number of nitrogens with one attached hydrogen (secondary N) is 1. The van der Waals surface area contributed by atoms with E-state index in [-0.39, 0.29) is 12.0 Å². The maximum Gasteiger partial charge on any atom is 0.273 e. The van der Waals surface area contributed by atoms with Crippen LogP contribution in [-0.4, -0.2) is 32.6 Å². The van der Waals surface area contributed by atoms with Crippen LogP contribution in [0.3, 0.4) is 0 Å². The fourth-order valence-corrected chi connectivity index (χ4v) is 3.38. The first-order chi connectivity index (χ1) is 8.58. The summed E-state index contributed by atoms with van der Waals surface area (Å²) in [5.74, 6) is 1.52. The Morgan fingerprint density at radius 2 is 2.56 bits per heavy atom. The average Bonchev–Trinajstić information content (AvgIpc) is 2.75. The van der Waals surface area contributed by atoms with Crippen LogP contribution < -0.4 is 5.32 Å². The quantitative estimate of drug-likeness (QED) is 0.679. The van der Waals surface area contributed by atoms with Gasteiger partial charge < -0.3 is 10.2 Å². The Morgan fingerprint density at radius 1 is 1.78 bits per heavy atom. The van der Waals surface area contributed by atoms with Crippen molar-refractivity contribution in [3.8, 4) is 0 Å². The van der Waals surface area contributed by atoms with Crippen molar-refractivity contribution in [1.29, 1.82) is 0 Å². The number of hydrogen-bond acceptors (Lipinski definition) is 5. The van der Waals surface area contributed by atoms with E-state index in [1.165, 1.54) is 11.3 Å². The van der Waals surface area contributed by atoms with Crippen LogP contribution in [0.1, 0.15) is 17.8 Å². The molecule has 0 bridgehead atoms. The predicted octanol–water partition coefficient (Wildman–Crippen LogP) is 1.96. The van der Waals surface area contributed by atoms with Crippen LogP contribution in [0.25, 0.3) is 0 Å². The number of thiazole rings is 1. The van der Waals surface area contributed by atoms with E-state index in [1.807, 2.05) is 11.8 Å². The molecular weight excluding hydrogens is 298 g/mol. The highest BCUT2D eigenvalue weighted by molar-refractivity contribution is 7.99. The summed E-state index contributed by atoms with van der Waals surface area (Å²) >= 11 is 8.78. The van der Waals surface area contributed by atoms with E-state index in [0.717, 1.165) is 4.88 Å². The maximum atomic E-state index is 10.5. The summed E-state index contributed by atoms with van der Waals surface area (Å²) in [6.45, 7) is 1.94. The van der Waals surface area contributed by atoms with E-state index in [1.54, 1.807) is 18.0 Å². The van der Waals surface area contributed by atoms with Gasteiger partial charge in [0.15, 0.2) is 9.50 Å². The summed E-state index contributed by atoms with van der Waals surface area (Å²) in [6.07, 6.45) is 1.68. The average molecular weight is 308 g/mol. The number of nitrogens with zero attached hydrogens (tertiary/aromatic N) is 4. The van der Waals surface area contributed by atoms with Crippen LogP contribution in [0, 0.1) is 10.1 Å². The summed E-state index contributed by atoms with van der Waals surface area (Å²) in [4.78, 5) is 17.2. The molecule has 0 saturated carbocycles. The van der Waals surface area contributed by atoms with Crippen molar-refractivity contribution in [2.75, 3.05) is 11.8 Å². The predicted molar refractivity (Wildman–Crippen MR) is 72.3 cm³/mol. The second kappa shape index (κ2) is 5.72. The van der Waals surface area contributed by atoms with Crippen LogP contribution in [-0.2, 0) is 0 Å². The Hall–Kier alpha value is -1.06. The molecule has 0 spiro atoms. The second-order valence-corrected chi connectivity index (χ2v) is 6.08. The monoisotopic (exact) mass is 307 g/mol. The van der Waals surface area contributed by atoms with Crippen molar-refractivity contribution < 1.29 is 5.03 Å². The normalized spacial score (nSPS) is 19.7. The zero-order chi connectivity index (χ0) is 13.1. The molecule has 0 aromatic carbocycles. The topological polar surface area (TPSA) is 83.7 Å². The molecule has 7 nitrogen and oxygen atoms in total. The number of aromatic nitrogens is 1. The molecule has 1 saturated heterocycles. The van der Waals surface area contributed by atoms with Gasteiger partial charge in [-0.3, -0.25) is 0 Å². The molecule has 1 aromatic heterocycles. The van der Waals surface area contributed by atoms with E-state index in [0.29, 0.717) is 16.2 Å². The first kappa shape index (κ1) is 13.4. The molecule has 0 aliphatic carbocycles. The van der Waals surface area contributed by atoms with E-state index in [4.69, 9.17) is 11.6 Å². The Morgan fingerprint density at radius 3 is 3.17 bits per heavy atom. The molecule has 0 radical (unpaired) electrons. The van der Waals surface area contributed by atoms with Crippen LogP contribution in [0.4, 0.5) is 0 Å². The molecule has 1 fully saturated rings. The maximum absolute atomic E-state index is 10.5. The minimum absolute atomic E-state index is 0.0611. The zero-order valence-electron chi connectivity index (χ0n) is 9.37. The highest BCUT2D eigenvalue weighted by Crippen LogP contribution is 2.30. The summed E-state index contributed by atoms with van der Waals surface area (Å²) in [5.41, 5.74) is 0. The van der Waals surface area contributed by atoms with Crippen LogP contribution in [0.15, 0.2) is 11.3 Å². The first-order valence-corrected chi connectivity index (χ1v) is 7.35. The van der Waals surface area contributed by atoms with Crippen molar-refractivity contribution in [2.24, 2.45) is 5.10 Å². The Labute approximate surface area is 116 Å². The van der Waals surface area contributed by atoms with E-state index in [2.05, 4.69) is 15.4 Å². The van der Waals surface area contributed by atoms with Gasteiger partial charge in [-0.15, -0.1) is 23.1 Å². The molecule has 0 amide bonds. The van der Waals surface area contributed by atoms with Gasteiger partial charge in [0.2, 0.25) is 0 Å². The number of thioether (sulfide) groups is 1. The van der Waals surface area contributed by atoms with E-state index in [9.17, 15) is 10.1 Å². The van der Waals surface area contributed by atoms with E-state index < -0.39 is 5.03 Å². The highest BCUT2D eigenvalue weighted by Gasteiger charge is 2.26. The number of guanidine groups is 1. The number of rotatable bonds is 3. The third kappa shape index (κ3) is 3.03. The number of halogens is 1. The Kier molecular flexibility index (Phi) is 4.25. The molecule has 1 aliphatic heterocycles. The summed E-state index contributed by atoms with van der Waals surface area (Å²) < 4.78 is 0.460. The first-order valence-electron chi connectivity index (χ1n) is 5.00. The molecule has 98 valence electrons. The van der Waals surface area contributed by atoms with Gasteiger partial charge in [-0.2, -0.15) is 0 Å². The van der Waals surface area contributed by atoms with Gasteiger partial charge in [0.05, 0.1) is 17.8 Å². The molecule has 18 heavy (non-hydrogen) atoms. The van der Waals surface area contributed by atoms with Crippen LogP contribution >= 0.6 is 34.7 Å². The SMILES string of the molecule is CC(c1cnc(Cl)s1)N1CSCNC1=N[N+](=O)[O-]. The molecule has 1 aliphatic rings. The second-order valence-electron chi connectivity index (χ2n) is 3.48. The van der Waals surface area contributed by atoms with Gasteiger partial charge >= 0.3 is 0 Å². The molecule has 1 N–H and O–H groups in total. The van der Waals surface area contributed by atoms with Gasteiger partial charge in [-0.1, -0.05) is 11.6 Å². The lowest BCUT2D eigenvalue weighted by atomic mass is 10.3. The summed E-state index contributed by atoms with van der Waals surface area (Å²) in [5, 5.41) is 16.1. The fourth-order valence-electron chi connectivity index (χ4n) is 1.50. The van der Waals surface area contributed by atoms with Crippen molar-refractivity contribution in [3.63, 3.8) is 0 Å². The third-order valence-corrected chi connectivity index (χ3v) is 4.48. The molecular formula is C8H10ClN5O2S2. The lowest BCUT2D eigenvalue weighted by Crippen LogP contribution is -2.46.